The van der Waals surface area contributed by atoms with Crippen LogP contribution in [-0.4, -0.2) is 43.8 Å². The number of carbonyl (C=O) groups is 1. The number of hydrogen-bond acceptors (Lipinski definition) is 8. The third-order valence-electron chi connectivity index (χ3n) is 2.51. The highest BCUT2D eigenvalue weighted by atomic mass is 16.7. The molecule has 0 atom stereocenters. The van der Waals surface area contributed by atoms with Crippen LogP contribution >= 0.6 is 0 Å². The van der Waals surface area contributed by atoms with Gasteiger partial charge in [-0.3, -0.25) is 4.84 Å². The molecule has 1 aromatic rings. The van der Waals surface area contributed by atoms with Crippen molar-refractivity contribution in [3.8, 4) is 5.88 Å². The lowest BCUT2D eigenvalue weighted by molar-refractivity contribution is 0.114. The van der Waals surface area contributed by atoms with E-state index >= 15 is 0 Å². The Bertz CT molecular complexity index is 573. The van der Waals surface area contributed by atoms with Gasteiger partial charge in [-0.2, -0.15) is 0 Å². The molecular formula is C13H18N4O5. The Morgan fingerprint density at radius 2 is 1.86 bits per heavy atom. The van der Waals surface area contributed by atoms with Gasteiger partial charge in [-0.15, -0.1) is 5.06 Å². The monoisotopic (exact) mass is 310 g/mol. The van der Waals surface area contributed by atoms with Crippen molar-refractivity contribution in [1.29, 1.82) is 0 Å². The summed E-state index contributed by atoms with van der Waals surface area (Å²) in [6.45, 7) is 3.40. The van der Waals surface area contributed by atoms with Crippen molar-refractivity contribution in [2.75, 3.05) is 26.4 Å². The largest absolute Gasteiger partial charge is 0.451 e. The zero-order chi connectivity index (χ0) is 16.5. The summed E-state index contributed by atoms with van der Waals surface area (Å²) in [6, 6.07) is 3.19. The molecule has 0 aromatic carbocycles. The summed E-state index contributed by atoms with van der Waals surface area (Å²) in [5, 5.41) is 8.50. The molecule has 0 aliphatic rings. The molecule has 0 radical (unpaired) electrons. The van der Waals surface area contributed by atoms with Crippen LogP contribution in [0.1, 0.15) is 13.8 Å². The minimum atomic E-state index is -0.724. The van der Waals surface area contributed by atoms with Crippen molar-refractivity contribution < 1.29 is 24.0 Å². The highest BCUT2D eigenvalue weighted by Gasteiger charge is 2.21. The maximum atomic E-state index is 11.7. The molecule has 9 heteroatoms. The molecular weight excluding hydrogens is 292 g/mol. The minimum Gasteiger partial charge on any atom is -0.451 e. The highest BCUT2D eigenvalue weighted by molar-refractivity contribution is 6.40. The fourth-order valence-electron chi connectivity index (χ4n) is 1.34. The van der Waals surface area contributed by atoms with Gasteiger partial charge in [0.15, 0.2) is 0 Å². The summed E-state index contributed by atoms with van der Waals surface area (Å²) in [4.78, 5) is 30.5. The van der Waals surface area contributed by atoms with E-state index in [1.807, 2.05) is 0 Å². The van der Waals surface area contributed by atoms with Crippen LogP contribution in [-0.2, 0) is 14.4 Å². The van der Waals surface area contributed by atoms with Crippen molar-refractivity contribution in [1.82, 2.24) is 4.98 Å². The molecule has 22 heavy (non-hydrogen) atoms. The van der Waals surface area contributed by atoms with Gasteiger partial charge in [-0.1, -0.05) is 10.3 Å². The second-order valence-electron chi connectivity index (χ2n) is 3.90. The molecule has 1 amide bonds. The topological polar surface area (TPSA) is 94.8 Å². The molecule has 1 rings (SSSR count). The van der Waals surface area contributed by atoms with Crippen molar-refractivity contribution in [3.05, 3.63) is 18.3 Å². The number of methoxy groups -OCH3 is 1. The van der Waals surface area contributed by atoms with Crippen molar-refractivity contribution in [3.63, 3.8) is 0 Å². The number of rotatable bonds is 6. The molecule has 1 aromatic heterocycles. The van der Waals surface area contributed by atoms with Gasteiger partial charge in [0.05, 0.1) is 14.2 Å². The highest BCUT2D eigenvalue weighted by Crippen LogP contribution is 2.26. The second-order valence-corrected chi connectivity index (χ2v) is 3.90. The Hall–Kier alpha value is -2.68. The molecule has 0 aliphatic carbocycles. The number of anilines is 1. The number of aromatic nitrogens is 1. The summed E-state index contributed by atoms with van der Waals surface area (Å²) in [7, 11) is 3.98. The van der Waals surface area contributed by atoms with Gasteiger partial charge in [-0.25, -0.2) is 9.78 Å². The molecule has 0 bridgehead atoms. The quantitative estimate of drug-likeness (QED) is 0.589. The van der Waals surface area contributed by atoms with Crippen LogP contribution in [0.2, 0.25) is 0 Å². The maximum absolute atomic E-state index is 11.7. The van der Waals surface area contributed by atoms with E-state index in [9.17, 15) is 4.79 Å². The van der Waals surface area contributed by atoms with Gasteiger partial charge in [0.1, 0.15) is 24.2 Å². The summed E-state index contributed by atoms with van der Waals surface area (Å²) >= 11 is 0. The summed E-state index contributed by atoms with van der Waals surface area (Å²) < 4.78 is 4.62. The Kier molecular flexibility index (Phi) is 6.77. The van der Waals surface area contributed by atoms with Gasteiger partial charge in [0.2, 0.25) is 0 Å². The maximum Gasteiger partial charge on any atom is 0.438 e. The van der Waals surface area contributed by atoms with E-state index in [1.54, 1.807) is 26.0 Å². The lowest BCUT2D eigenvalue weighted by Gasteiger charge is -2.18. The van der Waals surface area contributed by atoms with E-state index in [1.165, 1.54) is 27.5 Å². The zero-order valence-corrected chi connectivity index (χ0v) is 13.1. The number of hydrogen-bond donors (Lipinski definition) is 0. The van der Waals surface area contributed by atoms with Crippen LogP contribution < -0.4 is 9.90 Å². The Morgan fingerprint density at radius 1 is 1.18 bits per heavy atom. The fourth-order valence-corrected chi connectivity index (χ4v) is 1.34. The van der Waals surface area contributed by atoms with E-state index in [-0.39, 0.29) is 11.6 Å². The van der Waals surface area contributed by atoms with Gasteiger partial charge in [-0.05, 0) is 26.0 Å². The first kappa shape index (κ1) is 17.4. The van der Waals surface area contributed by atoms with Crippen LogP contribution in [0, 0.1) is 0 Å². The molecule has 9 nitrogen and oxygen atoms in total. The van der Waals surface area contributed by atoms with Gasteiger partial charge < -0.3 is 14.4 Å². The van der Waals surface area contributed by atoms with Gasteiger partial charge >= 0.3 is 6.09 Å². The first-order chi connectivity index (χ1) is 10.5. The number of hydroxylamine groups is 1. The van der Waals surface area contributed by atoms with Gasteiger partial charge in [0, 0.05) is 6.20 Å². The smallest absolute Gasteiger partial charge is 0.438 e. The SMILES string of the molecule is CON=C(C)C(C)=NOc1ncccc1N(OC)C(=O)OC. The zero-order valence-electron chi connectivity index (χ0n) is 13.1. The second kappa shape index (κ2) is 8.57. The average molecular weight is 310 g/mol. The van der Waals surface area contributed by atoms with E-state index in [2.05, 4.69) is 24.9 Å². The van der Waals surface area contributed by atoms with Crippen LogP contribution in [0.3, 0.4) is 0 Å². The fraction of sp³-hybridized carbons (Fsp3) is 0.385. The van der Waals surface area contributed by atoms with E-state index in [0.717, 1.165) is 5.06 Å². The predicted molar refractivity (Wildman–Crippen MR) is 80.0 cm³/mol. The Balaban J connectivity index is 3.04. The van der Waals surface area contributed by atoms with Crippen LogP contribution in [0.25, 0.3) is 0 Å². The molecule has 0 N–H and O–H groups in total. The van der Waals surface area contributed by atoms with Crippen molar-refractivity contribution in [2.45, 2.75) is 13.8 Å². The number of pyridine rings is 1. The Morgan fingerprint density at radius 3 is 2.45 bits per heavy atom. The third-order valence-corrected chi connectivity index (χ3v) is 2.51. The first-order valence-electron chi connectivity index (χ1n) is 6.22. The normalized spacial score (nSPS) is 11.9. The van der Waals surface area contributed by atoms with E-state index in [0.29, 0.717) is 11.4 Å². The number of nitrogens with zero attached hydrogens (tertiary/aromatic N) is 4. The van der Waals surface area contributed by atoms with Crippen molar-refractivity contribution in [2.24, 2.45) is 10.3 Å². The standard InChI is InChI=1S/C13H18N4O5/c1-9(15-20-4)10(2)16-22-12-11(7-6-8-14-12)17(21-5)13(18)19-3/h6-8H,1-5H3. The average Bonchev–Trinajstić information content (AvgIpc) is 2.54. The number of carbonyl (C=O) groups excluding carboxylic acids is 1. The summed E-state index contributed by atoms with van der Waals surface area (Å²) in [6.07, 6.45) is 0.767. The molecule has 0 aliphatic heterocycles. The number of ether oxygens (including phenoxy) is 1. The first-order valence-corrected chi connectivity index (χ1v) is 6.22. The van der Waals surface area contributed by atoms with Crippen LogP contribution in [0.15, 0.2) is 28.6 Å². The number of oxime groups is 2. The lowest BCUT2D eigenvalue weighted by atomic mass is 10.3. The predicted octanol–water partition coefficient (Wildman–Crippen LogP) is 1.99. The molecule has 0 saturated carbocycles. The summed E-state index contributed by atoms with van der Waals surface area (Å²) in [5.41, 5.74) is 1.27. The molecule has 120 valence electrons. The molecule has 1 heterocycles. The van der Waals surface area contributed by atoms with Crippen molar-refractivity contribution >= 4 is 23.2 Å². The summed E-state index contributed by atoms with van der Waals surface area (Å²) in [5.74, 6) is 0.0688. The third kappa shape index (κ3) is 4.42. The molecule has 0 spiro atoms. The van der Waals surface area contributed by atoms with Crippen LogP contribution in [0.4, 0.5) is 10.5 Å². The minimum absolute atomic E-state index is 0.0688. The van der Waals surface area contributed by atoms with Crippen LogP contribution in [0.5, 0.6) is 5.88 Å². The molecule has 0 fully saturated rings. The molecule has 0 saturated heterocycles. The Labute approximate surface area is 128 Å². The van der Waals surface area contributed by atoms with E-state index < -0.39 is 6.09 Å². The lowest BCUT2D eigenvalue weighted by Crippen LogP contribution is -2.30. The van der Waals surface area contributed by atoms with Gasteiger partial charge in [0.25, 0.3) is 5.88 Å². The molecule has 0 unspecified atom stereocenters. The number of amides is 1. The van der Waals surface area contributed by atoms with E-state index in [4.69, 9.17) is 9.68 Å².